The van der Waals surface area contributed by atoms with Crippen LogP contribution in [0.3, 0.4) is 0 Å². The summed E-state index contributed by atoms with van der Waals surface area (Å²) in [5, 5.41) is 11.6. The van der Waals surface area contributed by atoms with Gasteiger partial charge in [0.2, 0.25) is 5.95 Å². The summed E-state index contributed by atoms with van der Waals surface area (Å²) in [7, 11) is -1.97. The molecule has 0 atom stereocenters. The second kappa shape index (κ2) is 8.56. The third-order valence-electron chi connectivity index (χ3n) is 6.33. The van der Waals surface area contributed by atoms with Crippen LogP contribution >= 0.6 is 0 Å². The van der Waals surface area contributed by atoms with Crippen molar-refractivity contribution in [1.29, 1.82) is 0 Å². The Labute approximate surface area is 179 Å². The average molecular weight is 423 g/mol. The van der Waals surface area contributed by atoms with E-state index in [1.807, 2.05) is 4.90 Å². The molecule has 30 heavy (non-hydrogen) atoms. The van der Waals surface area contributed by atoms with Gasteiger partial charge < -0.3 is 4.90 Å². The Morgan fingerprint density at radius 3 is 2.20 bits per heavy atom. The smallest absolute Gasteiger partial charge is 0.271 e. The molecular formula is C23H30N4O2Si. The second-order valence-corrected chi connectivity index (χ2v) is 14.4. The van der Waals surface area contributed by atoms with Gasteiger partial charge in [-0.15, -0.1) is 5.54 Å². The number of fused-ring (bicyclic) bond motifs is 1. The zero-order chi connectivity index (χ0) is 22.1. The summed E-state index contributed by atoms with van der Waals surface area (Å²) < 4.78 is 0. The molecule has 1 aliphatic heterocycles. The van der Waals surface area contributed by atoms with E-state index < -0.39 is 8.07 Å². The van der Waals surface area contributed by atoms with Crippen molar-refractivity contribution < 1.29 is 4.92 Å². The maximum absolute atomic E-state index is 11.6. The highest BCUT2D eigenvalue weighted by Gasteiger charge is 2.42. The van der Waals surface area contributed by atoms with E-state index in [1.54, 1.807) is 30.6 Å². The number of non-ortho nitro benzene ring substituents is 1. The molecule has 0 bridgehead atoms. The fourth-order valence-electron chi connectivity index (χ4n) is 4.97. The number of aromatic nitrogens is 2. The molecule has 0 amide bonds. The van der Waals surface area contributed by atoms with Gasteiger partial charge in [-0.05, 0) is 34.7 Å². The van der Waals surface area contributed by atoms with Crippen molar-refractivity contribution in [1.82, 2.24) is 9.97 Å². The van der Waals surface area contributed by atoms with E-state index in [1.165, 1.54) is 0 Å². The van der Waals surface area contributed by atoms with E-state index in [2.05, 4.69) is 63.0 Å². The molecule has 0 radical (unpaired) electrons. The lowest BCUT2D eigenvalue weighted by Crippen LogP contribution is -2.43. The number of nitrogens with zero attached hydrogens (tertiary/aromatic N) is 4. The lowest BCUT2D eigenvalue weighted by Gasteiger charge is -2.38. The minimum atomic E-state index is -1.97. The maximum atomic E-state index is 11.6. The SMILES string of the molecule is CC(C)[Si](C#Cc1cc([N+](=O)[O-])cc2c1N(c1ncccn1)CC2)(C(C)C)C(C)C. The first-order valence-electron chi connectivity index (χ1n) is 10.6. The molecule has 1 aliphatic rings. The Morgan fingerprint density at radius 1 is 1.07 bits per heavy atom. The summed E-state index contributed by atoms with van der Waals surface area (Å²) in [6, 6.07) is 5.07. The van der Waals surface area contributed by atoms with E-state index in [0.29, 0.717) is 41.1 Å². The molecule has 0 aliphatic carbocycles. The van der Waals surface area contributed by atoms with Crippen LogP contribution in [-0.2, 0) is 6.42 Å². The molecule has 0 saturated carbocycles. The highest BCUT2D eigenvalue weighted by atomic mass is 28.3. The highest BCUT2D eigenvalue weighted by Crippen LogP contribution is 2.42. The first kappa shape index (κ1) is 22.0. The summed E-state index contributed by atoms with van der Waals surface area (Å²) in [6.45, 7) is 14.3. The summed E-state index contributed by atoms with van der Waals surface area (Å²) >= 11 is 0. The van der Waals surface area contributed by atoms with Crippen molar-refractivity contribution in [3.63, 3.8) is 0 Å². The summed E-state index contributed by atoms with van der Waals surface area (Å²) in [5.74, 6) is 4.04. The summed E-state index contributed by atoms with van der Waals surface area (Å²) in [5.41, 5.74) is 7.85. The van der Waals surface area contributed by atoms with E-state index >= 15 is 0 Å². The van der Waals surface area contributed by atoms with Crippen LogP contribution in [0.2, 0.25) is 16.6 Å². The molecule has 0 N–H and O–H groups in total. The minimum absolute atomic E-state index is 0.0970. The normalized spacial score (nSPS) is 13.6. The van der Waals surface area contributed by atoms with Crippen molar-refractivity contribution in [2.75, 3.05) is 11.4 Å². The minimum Gasteiger partial charge on any atom is -0.309 e. The molecule has 0 spiro atoms. The first-order valence-corrected chi connectivity index (χ1v) is 12.8. The van der Waals surface area contributed by atoms with Crippen molar-refractivity contribution in [2.45, 2.75) is 64.6 Å². The summed E-state index contributed by atoms with van der Waals surface area (Å²) in [6.07, 6.45) is 4.14. The van der Waals surface area contributed by atoms with Crippen LogP contribution in [0.25, 0.3) is 0 Å². The molecule has 1 aromatic heterocycles. The van der Waals surface area contributed by atoms with Crippen LogP contribution in [0.4, 0.5) is 17.3 Å². The van der Waals surface area contributed by atoms with E-state index in [0.717, 1.165) is 11.3 Å². The third kappa shape index (κ3) is 3.84. The number of anilines is 2. The lowest BCUT2D eigenvalue weighted by molar-refractivity contribution is -0.384. The van der Waals surface area contributed by atoms with Crippen molar-refractivity contribution >= 4 is 25.4 Å². The van der Waals surface area contributed by atoms with Crippen molar-refractivity contribution in [3.8, 4) is 11.5 Å². The second-order valence-electron chi connectivity index (χ2n) is 8.86. The number of nitro benzene ring substituents is 1. The average Bonchev–Trinajstić information content (AvgIpc) is 3.12. The molecular weight excluding hydrogens is 392 g/mol. The first-order chi connectivity index (χ1) is 14.2. The van der Waals surface area contributed by atoms with Gasteiger partial charge in [0.25, 0.3) is 5.69 Å². The Balaban J connectivity index is 2.21. The predicted molar refractivity (Wildman–Crippen MR) is 124 cm³/mol. The number of benzene rings is 1. The van der Waals surface area contributed by atoms with Crippen molar-refractivity contribution in [2.24, 2.45) is 0 Å². The van der Waals surface area contributed by atoms with Crippen LogP contribution in [0.5, 0.6) is 0 Å². The topological polar surface area (TPSA) is 72.2 Å². The third-order valence-corrected chi connectivity index (χ3v) is 12.6. The molecule has 158 valence electrons. The fraction of sp³-hybridized carbons (Fsp3) is 0.478. The zero-order valence-corrected chi connectivity index (χ0v) is 19.6. The number of hydrogen-bond donors (Lipinski definition) is 0. The monoisotopic (exact) mass is 422 g/mol. The maximum Gasteiger partial charge on any atom is 0.271 e. The van der Waals surface area contributed by atoms with Gasteiger partial charge in [-0.3, -0.25) is 10.1 Å². The molecule has 7 heteroatoms. The van der Waals surface area contributed by atoms with Crippen LogP contribution in [0.1, 0.15) is 52.7 Å². The van der Waals surface area contributed by atoms with Gasteiger partial charge in [0.1, 0.15) is 8.07 Å². The van der Waals surface area contributed by atoms with Gasteiger partial charge >= 0.3 is 0 Å². The summed E-state index contributed by atoms with van der Waals surface area (Å²) in [4.78, 5) is 22.1. The van der Waals surface area contributed by atoms with Gasteiger partial charge in [0.15, 0.2) is 0 Å². The molecule has 2 heterocycles. The molecule has 6 nitrogen and oxygen atoms in total. The Bertz CT molecular complexity index is 972. The molecule has 0 fully saturated rings. The standard InChI is InChI=1S/C23H30N4O2Si/c1-16(2)30(17(3)4,18(5)6)13-9-20-15-21(27(28)29)14-19-8-12-26(22(19)20)23-24-10-7-11-25-23/h7,10-11,14-18H,8,12H2,1-6H3. The van der Waals surface area contributed by atoms with Crippen LogP contribution in [0.15, 0.2) is 30.6 Å². The van der Waals surface area contributed by atoms with Gasteiger partial charge in [0.05, 0.1) is 16.2 Å². The fourth-order valence-corrected chi connectivity index (χ4v) is 10.2. The Hall–Kier alpha value is -2.72. The van der Waals surface area contributed by atoms with Crippen LogP contribution in [-0.4, -0.2) is 29.5 Å². The largest absolute Gasteiger partial charge is 0.309 e. The van der Waals surface area contributed by atoms with E-state index in [-0.39, 0.29) is 10.6 Å². The lowest BCUT2D eigenvalue weighted by atomic mass is 10.1. The van der Waals surface area contributed by atoms with E-state index in [9.17, 15) is 10.1 Å². The molecule has 2 aromatic rings. The van der Waals surface area contributed by atoms with Gasteiger partial charge in [-0.25, -0.2) is 9.97 Å². The van der Waals surface area contributed by atoms with Crippen molar-refractivity contribution in [3.05, 3.63) is 51.8 Å². The molecule has 0 unspecified atom stereocenters. The quantitative estimate of drug-likeness (QED) is 0.269. The number of rotatable bonds is 5. The molecule has 0 saturated heterocycles. The Kier molecular flexibility index (Phi) is 6.27. The van der Waals surface area contributed by atoms with E-state index in [4.69, 9.17) is 0 Å². The highest BCUT2D eigenvalue weighted by molar-refractivity contribution is 6.90. The van der Waals surface area contributed by atoms with Crippen LogP contribution in [0, 0.1) is 21.6 Å². The van der Waals surface area contributed by atoms with Gasteiger partial charge in [-0.1, -0.05) is 47.5 Å². The number of hydrogen-bond acceptors (Lipinski definition) is 5. The van der Waals surface area contributed by atoms with Gasteiger partial charge in [-0.2, -0.15) is 0 Å². The van der Waals surface area contributed by atoms with Crippen LogP contribution < -0.4 is 4.90 Å². The number of nitro groups is 1. The molecule has 1 aromatic carbocycles. The van der Waals surface area contributed by atoms with Gasteiger partial charge in [0, 0.05) is 31.1 Å². The Morgan fingerprint density at radius 2 is 1.67 bits per heavy atom. The predicted octanol–water partition coefficient (Wildman–Crippen LogP) is 5.65. The zero-order valence-electron chi connectivity index (χ0n) is 18.6. The molecule has 3 rings (SSSR count).